The summed E-state index contributed by atoms with van der Waals surface area (Å²) in [5.41, 5.74) is -1.17. The summed E-state index contributed by atoms with van der Waals surface area (Å²) in [5, 5.41) is 24.6. The lowest BCUT2D eigenvalue weighted by Gasteiger charge is -2.31. The summed E-state index contributed by atoms with van der Waals surface area (Å²) in [6.45, 7) is 3.83. The molecule has 2 unspecified atom stereocenters. The van der Waals surface area contributed by atoms with Gasteiger partial charge in [-0.15, -0.1) is 0 Å². The summed E-state index contributed by atoms with van der Waals surface area (Å²) in [5.74, 6) is -0.0960. The highest BCUT2D eigenvalue weighted by Gasteiger charge is 2.36. The second-order valence-electron chi connectivity index (χ2n) is 6.40. The Hall–Kier alpha value is -1.96. The van der Waals surface area contributed by atoms with Crippen molar-refractivity contribution in [2.24, 2.45) is 5.92 Å². The lowest BCUT2D eigenvalue weighted by atomic mass is 10.0. The Balaban J connectivity index is 2.09. The lowest BCUT2D eigenvalue weighted by molar-refractivity contribution is -0.385. The van der Waals surface area contributed by atoms with Crippen LogP contribution < -0.4 is 0 Å². The molecule has 8 nitrogen and oxygen atoms in total. The van der Waals surface area contributed by atoms with E-state index in [4.69, 9.17) is 0 Å². The van der Waals surface area contributed by atoms with Crippen LogP contribution in [0.3, 0.4) is 0 Å². The molecule has 122 valence electrons. The van der Waals surface area contributed by atoms with Gasteiger partial charge in [0, 0.05) is 19.5 Å². The minimum atomic E-state index is -1.02. The van der Waals surface area contributed by atoms with Crippen molar-refractivity contribution in [3.63, 3.8) is 0 Å². The molecule has 0 aromatic carbocycles. The van der Waals surface area contributed by atoms with Gasteiger partial charge in [-0.25, -0.2) is 0 Å². The van der Waals surface area contributed by atoms with E-state index in [2.05, 4.69) is 5.10 Å². The van der Waals surface area contributed by atoms with Crippen molar-refractivity contribution in [2.45, 2.75) is 44.8 Å². The zero-order valence-corrected chi connectivity index (χ0v) is 13.1. The van der Waals surface area contributed by atoms with Crippen LogP contribution in [-0.2, 0) is 10.3 Å². The molecule has 0 bridgehead atoms. The number of nitro groups is 1. The maximum atomic E-state index is 12.7. The first-order valence-corrected chi connectivity index (χ1v) is 7.36. The Bertz CT molecular complexity index is 569. The quantitative estimate of drug-likeness (QED) is 0.649. The van der Waals surface area contributed by atoms with E-state index >= 15 is 0 Å². The number of hydrogen-bond donors (Lipinski definition) is 1. The van der Waals surface area contributed by atoms with Crippen molar-refractivity contribution in [3.8, 4) is 0 Å². The van der Waals surface area contributed by atoms with E-state index in [1.165, 1.54) is 10.9 Å². The highest BCUT2D eigenvalue weighted by Crippen LogP contribution is 2.27. The smallest absolute Gasteiger partial charge is 0.307 e. The number of nitrogens with zero attached hydrogens (tertiary/aromatic N) is 4. The third-order valence-electron chi connectivity index (χ3n) is 4.35. The van der Waals surface area contributed by atoms with E-state index in [9.17, 15) is 20.0 Å². The van der Waals surface area contributed by atoms with Gasteiger partial charge in [0.25, 0.3) is 0 Å². The molecule has 2 atom stereocenters. The van der Waals surface area contributed by atoms with Crippen molar-refractivity contribution in [3.05, 3.63) is 22.5 Å². The van der Waals surface area contributed by atoms with E-state index < -0.39 is 10.5 Å². The molecule has 2 rings (SSSR count). The van der Waals surface area contributed by atoms with Crippen LogP contribution >= 0.6 is 0 Å². The first-order valence-electron chi connectivity index (χ1n) is 7.36. The van der Waals surface area contributed by atoms with E-state index in [1.807, 2.05) is 0 Å². The van der Waals surface area contributed by atoms with Gasteiger partial charge in [0.2, 0.25) is 5.91 Å². The molecule has 0 spiro atoms. The summed E-state index contributed by atoms with van der Waals surface area (Å²) in [7, 11) is 1.69. The monoisotopic (exact) mass is 310 g/mol. The molecule has 1 aliphatic carbocycles. The average molecular weight is 310 g/mol. The minimum Gasteiger partial charge on any atom is -0.393 e. The molecule has 1 N–H and O–H groups in total. The third-order valence-corrected chi connectivity index (χ3v) is 4.35. The fourth-order valence-corrected chi connectivity index (χ4v) is 2.94. The molecule has 0 aliphatic heterocycles. The van der Waals surface area contributed by atoms with Crippen LogP contribution in [0.4, 0.5) is 5.69 Å². The Morgan fingerprint density at radius 2 is 2.27 bits per heavy atom. The fourth-order valence-electron chi connectivity index (χ4n) is 2.94. The van der Waals surface area contributed by atoms with Crippen molar-refractivity contribution in [1.29, 1.82) is 0 Å². The number of aliphatic hydroxyl groups excluding tert-OH is 1. The normalized spacial score (nSPS) is 21.8. The Morgan fingerprint density at radius 3 is 2.77 bits per heavy atom. The zero-order valence-electron chi connectivity index (χ0n) is 13.1. The molecular weight excluding hydrogens is 288 g/mol. The summed E-state index contributed by atoms with van der Waals surface area (Å²) in [6.07, 6.45) is 4.70. The number of amides is 1. The zero-order chi connectivity index (χ0) is 16.5. The second-order valence-corrected chi connectivity index (χ2v) is 6.40. The first kappa shape index (κ1) is 16.4. The molecule has 1 aromatic rings. The highest BCUT2D eigenvalue weighted by molar-refractivity contribution is 5.83. The van der Waals surface area contributed by atoms with Crippen LogP contribution in [0.15, 0.2) is 12.4 Å². The van der Waals surface area contributed by atoms with Gasteiger partial charge in [-0.3, -0.25) is 19.6 Å². The Kier molecular flexibility index (Phi) is 4.50. The predicted molar refractivity (Wildman–Crippen MR) is 79.2 cm³/mol. The number of carbonyl (C=O) groups is 1. The predicted octanol–water partition coefficient (Wildman–Crippen LogP) is 1.15. The van der Waals surface area contributed by atoms with Crippen LogP contribution in [0.25, 0.3) is 0 Å². The van der Waals surface area contributed by atoms with Gasteiger partial charge < -0.3 is 10.0 Å². The number of carbonyl (C=O) groups excluding carboxylic acids is 1. The van der Waals surface area contributed by atoms with Gasteiger partial charge in [0.15, 0.2) is 0 Å². The second kappa shape index (κ2) is 6.04. The molecule has 1 aliphatic rings. The maximum absolute atomic E-state index is 12.7. The molecule has 1 saturated carbocycles. The number of likely N-dealkylation sites (N-methyl/N-ethyl adjacent to an activating group) is 1. The number of hydrogen-bond acceptors (Lipinski definition) is 5. The van der Waals surface area contributed by atoms with Gasteiger partial charge in [-0.1, -0.05) is 6.42 Å². The molecule has 22 heavy (non-hydrogen) atoms. The van der Waals surface area contributed by atoms with Crippen molar-refractivity contribution >= 4 is 11.6 Å². The number of aromatic nitrogens is 2. The fraction of sp³-hybridized carbons (Fsp3) is 0.714. The summed E-state index contributed by atoms with van der Waals surface area (Å²) < 4.78 is 1.31. The average Bonchev–Trinajstić information content (AvgIpc) is 3.08. The van der Waals surface area contributed by atoms with E-state index in [0.717, 1.165) is 25.5 Å². The topological polar surface area (TPSA) is 102 Å². The lowest BCUT2D eigenvalue weighted by Crippen LogP contribution is -2.47. The van der Waals surface area contributed by atoms with Crippen LogP contribution in [0.1, 0.15) is 33.1 Å². The standard InChI is InChI=1S/C14H22N4O4/c1-14(2,17-9-11(7-15-17)18(21)22)13(20)16(3)8-10-5-4-6-12(10)19/h7,9-10,12,19H,4-6,8H2,1-3H3. The first-order chi connectivity index (χ1) is 10.2. The molecule has 1 heterocycles. The van der Waals surface area contributed by atoms with Gasteiger partial charge in [0.05, 0.1) is 11.0 Å². The van der Waals surface area contributed by atoms with E-state index in [0.29, 0.717) is 6.54 Å². The van der Waals surface area contributed by atoms with Crippen molar-refractivity contribution < 1.29 is 14.8 Å². The van der Waals surface area contributed by atoms with Crippen LogP contribution in [0.2, 0.25) is 0 Å². The number of rotatable bonds is 5. The Labute approximate surface area is 128 Å². The molecule has 1 aromatic heterocycles. The Morgan fingerprint density at radius 1 is 1.59 bits per heavy atom. The van der Waals surface area contributed by atoms with Crippen LogP contribution in [0, 0.1) is 16.0 Å². The minimum absolute atomic E-state index is 0.0942. The van der Waals surface area contributed by atoms with Gasteiger partial charge in [-0.2, -0.15) is 5.10 Å². The van der Waals surface area contributed by atoms with E-state index in [-0.39, 0.29) is 23.6 Å². The van der Waals surface area contributed by atoms with Crippen LogP contribution in [-0.4, -0.2) is 50.3 Å². The van der Waals surface area contributed by atoms with Crippen LogP contribution in [0.5, 0.6) is 0 Å². The SMILES string of the molecule is CN(CC1CCCC1O)C(=O)C(C)(C)n1cc([N+](=O)[O-])cn1. The highest BCUT2D eigenvalue weighted by atomic mass is 16.6. The van der Waals surface area contributed by atoms with Crippen molar-refractivity contribution in [2.75, 3.05) is 13.6 Å². The van der Waals surface area contributed by atoms with E-state index in [1.54, 1.807) is 25.8 Å². The summed E-state index contributed by atoms with van der Waals surface area (Å²) >= 11 is 0. The van der Waals surface area contributed by atoms with Crippen molar-refractivity contribution in [1.82, 2.24) is 14.7 Å². The molecular formula is C14H22N4O4. The molecule has 8 heteroatoms. The van der Waals surface area contributed by atoms with Gasteiger partial charge in [0.1, 0.15) is 17.9 Å². The molecule has 0 saturated heterocycles. The van der Waals surface area contributed by atoms with Gasteiger partial charge >= 0.3 is 5.69 Å². The summed E-state index contributed by atoms with van der Waals surface area (Å²) in [6, 6.07) is 0. The maximum Gasteiger partial charge on any atom is 0.307 e. The van der Waals surface area contributed by atoms with Gasteiger partial charge in [-0.05, 0) is 26.7 Å². The molecule has 0 radical (unpaired) electrons. The number of aliphatic hydroxyl groups is 1. The summed E-state index contributed by atoms with van der Waals surface area (Å²) in [4.78, 5) is 24.4. The molecule has 1 amide bonds. The third kappa shape index (κ3) is 3.11. The largest absolute Gasteiger partial charge is 0.393 e. The molecule has 1 fully saturated rings.